The molecule has 3 rings (SSSR count). The van der Waals surface area contributed by atoms with Crippen LogP contribution in [-0.2, 0) is 0 Å². The van der Waals surface area contributed by atoms with Crippen molar-refractivity contribution in [2.75, 3.05) is 58.8 Å². The number of hydrogen-bond acceptors (Lipinski definition) is 7. The smallest absolute Gasteiger partial charge is 0.253 e. The first-order valence-electron chi connectivity index (χ1n) is 10.6. The standard InChI is InChI=1S/C23H33N5O3/c1-18-14-21(25-17-24-18)28-11-5-10-23(30,16-28)15-27(4)22(29)19-6-8-20(9-7-19)31-13-12-26(2)3/h6-9,14,17,30H,5,10-13,15-16H2,1-4H3/t23-/m1/s1. The summed E-state index contributed by atoms with van der Waals surface area (Å²) in [6.07, 6.45) is 3.02. The lowest BCUT2D eigenvalue weighted by atomic mass is 9.92. The molecule has 0 aliphatic carbocycles. The van der Waals surface area contributed by atoms with Crippen LogP contribution in [0, 0.1) is 6.92 Å². The second kappa shape index (κ2) is 10.1. The van der Waals surface area contributed by atoms with Gasteiger partial charge in [-0.25, -0.2) is 9.97 Å². The molecule has 1 aromatic carbocycles. The molecule has 1 aliphatic rings. The second-order valence-electron chi connectivity index (χ2n) is 8.60. The summed E-state index contributed by atoms with van der Waals surface area (Å²) in [6, 6.07) is 9.08. The van der Waals surface area contributed by atoms with E-state index in [1.165, 1.54) is 0 Å². The molecule has 0 unspecified atom stereocenters. The number of β-amino-alcohol motifs (C(OH)–C–C–N with tert-alkyl or cyclic N) is 1. The molecule has 8 nitrogen and oxygen atoms in total. The van der Waals surface area contributed by atoms with Gasteiger partial charge in [-0.15, -0.1) is 0 Å². The first kappa shape index (κ1) is 23.0. The molecule has 1 aliphatic heterocycles. The first-order valence-corrected chi connectivity index (χ1v) is 10.6. The number of aryl methyl sites for hydroxylation is 1. The molecule has 0 bridgehead atoms. The number of amides is 1. The molecular weight excluding hydrogens is 394 g/mol. The molecule has 1 atom stereocenters. The molecule has 1 fully saturated rings. The Balaban J connectivity index is 1.59. The summed E-state index contributed by atoms with van der Waals surface area (Å²) in [5, 5.41) is 11.2. The van der Waals surface area contributed by atoms with E-state index in [0.29, 0.717) is 25.1 Å². The van der Waals surface area contributed by atoms with Gasteiger partial charge in [0.15, 0.2) is 0 Å². The number of carbonyl (C=O) groups excluding carboxylic acids is 1. The minimum atomic E-state index is -0.989. The molecular formula is C23H33N5O3. The van der Waals surface area contributed by atoms with E-state index in [4.69, 9.17) is 4.74 Å². The number of aliphatic hydroxyl groups is 1. The van der Waals surface area contributed by atoms with E-state index in [9.17, 15) is 9.90 Å². The van der Waals surface area contributed by atoms with Gasteiger partial charge >= 0.3 is 0 Å². The van der Waals surface area contributed by atoms with Crippen LogP contribution in [0.2, 0.25) is 0 Å². The summed E-state index contributed by atoms with van der Waals surface area (Å²) in [6.45, 7) is 4.86. The van der Waals surface area contributed by atoms with Gasteiger partial charge in [-0.05, 0) is 58.1 Å². The van der Waals surface area contributed by atoms with E-state index in [-0.39, 0.29) is 12.5 Å². The lowest BCUT2D eigenvalue weighted by molar-refractivity contribution is -0.000142. The molecule has 8 heteroatoms. The van der Waals surface area contributed by atoms with E-state index in [0.717, 1.165) is 36.8 Å². The fraction of sp³-hybridized carbons (Fsp3) is 0.522. The molecule has 2 heterocycles. The Morgan fingerprint density at radius 2 is 1.97 bits per heavy atom. The van der Waals surface area contributed by atoms with Crippen molar-refractivity contribution in [3.8, 4) is 5.75 Å². The van der Waals surface area contributed by atoms with Crippen molar-refractivity contribution in [1.29, 1.82) is 0 Å². The minimum absolute atomic E-state index is 0.122. The van der Waals surface area contributed by atoms with Crippen LogP contribution in [0.4, 0.5) is 5.82 Å². The third-order valence-corrected chi connectivity index (χ3v) is 5.46. The van der Waals surface area contributed by atoms with Crippen molar-refractivity contribution < 1.29 is 14.6 Å². The van der Waals surface area contributed by atoms with Crippen molar-refractivity contribution in [3.05, 3.63) is 47.9 Å². The van der Waals surface area contributed by atoms with Crippen LogP contribution in [0.1, 0.15) is 28.9 Å². The lowest BCUT2D eigenvalue weighted by Gasteiger charge is -2.41. The molecule has 1 aromatic heterocycles. The van der Waals surface area contributed by atoms with Gasteiger partial charge in [0.05, 0.1) is 12.1 Å². The normalized spacial score (nSPS) is 18.8. The molecule has 0 saturated carbocycles. The zero-order chi connectivity index (χ0) is 22.4. The van der Waals surface area contributed by atoms with E-state index in [2.05, 4.69) is 19.8 Å². The number of piperidine rings is 1. The number of anilines is 1. The van der Waals surface area contributed by atoms with Crippen molar-refractivity contribution in [3.63, 3.8) is 0 Å². The highest BCUT2D eigenvalue weighted by Crippen LogP contribution is 2.26. The van der Waals surface area contributed by atoms with Crippen molar-refractivity contribution >= 4 is 11.7 Å². The Kier molecular flexibility index (Phi) is 7.46. The number of benzene rings is 1. The average Bonchev–Trinajstić information content (AvgIpc) is 2.73. The van der Waals surface area contributed by atoms with E-state index < -0.39 is 5.60 Å². The number of ether oxygens (including phenoxy) is 1. The van der Waals surface area contributed by atoms with E-state index in [1.54, 1.807) is 30.4 Å². The Labute approximate surface area is 184 Å². The van der Waals surface area contributed by atoms with Crippen LogP contribution < -0.4 is 9.64 Å². The van der Waals surface area contributed by atoms with Crippen LogP contribution in [-0.4, -0.2) is 90.3 Å². The fourth-order valence-corrected chi connectivity index (χ4v) is 3.82. The zero-order valence-corrected chi connectivity index (χ0v) is 18.9. The maximum Gasteiger partial charge on any atom is 0.253 e. The van der Waals surface area contributed by atoms with Gasteiger partial charge in [0.25, 0.3) is 5.91 Å². The number of nitrogens with zero attached hydrogens (tertiary/aromatic N) is 5. The summed E-state index contributed by atoms with van der Waals surface area (Å²) in [7, 11) is 5.72. The fourth-order valence-electron chi connectivity index (χ4n) is 3.82. The summed E-state index contributed by atoms with van der Waals surface area (Å²) in [5.41, 5.74) is 0.474. The molecule has 168 valence electrons. The molecule has 31 heavy (non-hydrogen) atoms. The topological polar surface area (TPSA) is 82.0 Å². The van der Waals surface area contributed by atoms with Gasteiger partial charge in [-0.3, -0.25) is 4.79 Å². The van der Waals surface area contributed by atoms with Crippen LogP contribution in [0.5, 0.6) is 5.75 Å². The molecule has 1 amide bonds. The van der Waals surface area contributed by atoms with Gasteiger partial charge in [-0.2, -0.15) is 0 Å². The Morgan fingerprint density at radius 1 is 1.23 bits per heavy atom. The van der Waals surface area contributed by atoms with Gasteiger partial charge < -0.3 is 24.5 Å². The minimum Gasteiger partial charge on any atom is -0.492 e. The Bertz CT molecular complexity index is 874. The predicted octanol–water partition coefficient (Wildman–Crippen LogP) is 1.83. The van der Waals surface area contributed by atoms with Gasteiger partial charge in [-0.1, -0.05) is 0 Å². The van der Waals surface area contributed by atoms with E-state index in [1.807, 2.05) is 39.2 Å². The first-order chi connectivity index (χ1) is 14.8. The molecule has 0 radical (unpaired) electrons. The summed E-state index contributed by atoms with van der Waals surface area (Å²) >= 11 is 0. The number of rotatable bonds is 8. The number of likely N-dealkylation sites (N-methyl/N-ethyl adjacent to an activating group) is 2. The maximum absolute atomic E-state index is 12.9. The highest BCUT2D eigenvalue weighted by Gasteiger charge is 2.36. The maximum atomic E-state index is 12.9. The SMILES string of the molecule is Cc1cc(N2CCC[C@@](O)(CN(C)C(=O)c3ccc(OCCN(C)C)cc3)C2)ncn1. The molecule has 1 saturated heterocycles. The molecule has 2 aromatic rings. The van der Waals surface area contributed by atoms with Gasteiger partial charge in [0.2, 0.25) is 0 Å². The molecule has 1 N–H and O–H groups in total. The number of carbonyl (C=O) groups is 1. The van der Waals surface area contributed by atoms with Crippen LogP contribution in [0.25, 0.3) is 0 Å². The van der Waals surface area contributed by atoms with Gasteiger partial charge in [0, 0.05) is 44.0 Å². The summed E-state index contributed by atoms with van der Waals surface area (Å²) in [4.78, 5) is 27.1. The monoisotopic (exact) mass is 427 g/mol. The zero-order valence-electron chi connectivity index (χ0n) is 18.9. The second-order valence-corrected chi connectivity index (χ2v) is 8.60. The average molecular weight is 428 g/mol. The summed E-state index contributed by atoms with van der Waals surface area (Å²) < 4.78 is 5.69. The number of hydrogen-bond donors (Lipinski definition) is 1. The van der Waals surface area contributed by atoms with E-state index >= 15 is 0 Å². The molecule has 0 spiro atoms. The number of aromatic nitrogens is 2. The summed E-state index contributed by atoms with van der Waals surface area (Å²) in [5.74, 6) is 1.43. The quantitative estimate of drug-likeness (QED) is 0.688. The van der Waals surface area contributed by atoms with Crippen LogP contribution in [0.3, 0.4) is 0 Å². The van der Waals surface area contributed by atoms with Crippen LogP contribution >= 0.6 is 0 Å². The highest BCUT2D eigenvalue weighted by molar-refractivity contribution is 5.94. The Morgan fingerprint density at radius 3 is 2.65 bits per heavy atom. The van der Waals surface area contributed by atoms with Gasteiger partial charge in [0.1, 0.15) is 24.5 Å². The van der Waals surface area contributed by atoms with Crippen molar-refractivity contribution in [2.45, 2.75) is 25.4 Å². The third-order valence-electron chi connectivity index (χ3n) is 5.46. The third kappa shape index (κ3) is 6.38. The predicted molar refractivity (Wildman–Crippen MR) is 121 cm³/mol. The van der Waals surface area contributed by atoms with Crippen LogP contribution in [0.15, 0.2) is 36.7 Å². The Hall–Kier alpha value is -2.71. The lowest BCUT2D eigenvalue weighted by Crippen LogP contribution is -2.54. The largest absolute Gasteiger partial charge is 0.492 e. The highest BCUT2D eigenvalue weighted by atomic mass is 16.5. The van der Waals surface area contributed by atoms with Crippen molar-refractivity contribution in [1.82, 2.24) is 19.8 Å². The van der Waals surface area contributed by atoms with Crippen molar-refractivity contribution in [2.24, 2.45) is 0 Å².